The fourth-order valence-electron chi connectivity index (χ4n) is 2.99. The lowest BCUT2D eigenvalue weighted by atomic mass is 10.1. The number of amides is 1. The molecule has 0 saturated carbocycles. The largest absolute Gasteiger partial charge is 0.483 e. The summed E-state index contributed by atoms with van der Waals surface area (Å²) in [5, 5.41) is 6.85. The summed E-state index contributed by atoms with van der Waals surface area (Å²) in [5.74, 6) is 0.366. The van der Waals surface area contributed by atoms with Gasteiger partial charge in [-0.15, -0.1) is 0 Å². The summed E-state index contributed by atoms with van der Waals surface area (Å²) in [4.78, 5) is 12.2. The maximum atomic E-state index is 12.2. The average Bonchev–Trinajstić information content (AvgIpc) is 2.69. The molecule has 3 aromatic rings. The predicted octanol–water partition coefficient (Wildman–Crippen LogP) is 6.66. The Hall–Kier alpha value is -2.50. The maximum Gasteiger partial charge on any atom is 0.262 e. The number of nitrogens with one attached hydrogen (secondary N) is 2. The van der Waals surface area contributed by atoms with Crippen LogP contribution in [0.2, 0.25) is 5.02 Å². The van der Waals surface area contributed by atoms with E-state index in [1.165, 1.54) is 11.1 Å². The maximum absolute atomic E-state index is 12.2. The highest BCUT2D eigenvalue weighted by Crippen LogP contribution is 2.27. The van der Waals surface area contributed by atoms with Crippen LogP contribution in [0.25, 0.3) is 0 Å². The fraction of sp³-hybridized carbons (Fsp3) is 0.208. The van der Waals surface area contributed by atoms with E-state index in [-0.39, 0.29) is 12.5 Å². The number of halogens is 2. The number of carbonyl (C=O) groups is 1. The lowest BCUT2D eigenvalue weighted by Gasteiger charge is -2.13. The monoisotopic (exact) mass is 486 g/mol. The molecule has 0 heterocycles. The Labute approximate surface area is 190 Å². The normalized spacial score (nSPS) is 10.6. The number of rotatable bonds is 7. The third kappa shape index (κ3) is 6.00. The van der Waals surface area contributed by atoms with Crippen molar-refractivity contribution >= 4 is 44.8 Å². The van der Waals surface area contributed by atoms with Crippen LogP contribution < -0.4 is 15.4 Å². The second-order valence-corrected chi connectivity index (χ2v) is 8.50. The molecule has 0 atom stereocenters. The molecule has 3 rings (SSSR count). The number of aryl methyl sites for hydroxylation is 3. The van der Waals surface area contributed by atoms with Gasteiger partial charge in [-0.3, -0.25) is 4.79 Å². The number of ether oxygens (including phenoxy) is 1. The molecule has 1 amide bonds. The van der Waals surface area contributed by atoms with Crippen LogP contribution in [0.3, 0.4) is 0 Å². The van der Waals surface area contributed by atoms with Crippen LogP contribution in [0.4, 0.5) is 11.4 Å². The van der Waals surface area contributed by atoms with Crippen molar-refractivity contribution in [3.63, 3.8) is 0 Å². The lowest BCUT2D eigenvalue weighted by molar-refractivity contribution is -0.118. The van der Waals surface area contributed by atoms with Gasteiger partial charge < -0.3 is 15.4 Å². The molecule has 0 bridgehead atoms. The molecule has 2 N–H and O–H groups in total. The molecule has 3 aromatic carbocycles. The zero-order valence-corrected chi connectivity index (χ0v) is 19.5. The summed E-state index contributed by atoms with van der Waals surface area (Å²) >= 11 is 9.62. The highest BCUT2D eigenvalue weighted by molar-refractivity contribution is 9.10. The molecule has 0 aliphatic carbocycles. The van der Waals surface area contributed by atoms with Gasteiger partial charge in [0.1, 0.15) is 5.75 Å². The molecule has 30 heavy (non-hydrogen) atoms. The molecule has 0 radical (unpaired) electrons. The summed E-state index contributed by atoms with van der Waals surface area (Å²) in [6.45, 7) is 6.69. The van der Waals surface area contributed by atoms with E-state index in [4.69, 9.17) is 16.3 Å². The first kappa shape index (κ1) is 22.2. The Morgan fingerprint density at radius 2 is 1.80 bits per heavy atom. The summed E-state index contributed by atoms with van der Waals surface area (Å²) in [5.41, 5.74) is 6.29. The van der Waals surface area contributed by atoms with E-state index in [2.05, 4.69) is 58.6 Å². The smallest absolute Gasteiger partial charge is 0.262 e. The average molecular weight is 488 g/mol. The van der Waals surface area contributed by atoms with Gasteiger partial charge in [0.15, 0.2) is 6.61 Å². The van der Waals surface area contributed by atoms with Gasteiger partial charge in [-0.25, -0.2) is 0 Å². The molecular weight excluding hydrogens is 464 g/mol. The number of anilines is 2. The number of hydrogen-bond acceptors (Lipinski definition) is 3. The number of carbonyl (C=O) groups excluding carboxylic acids is 1. The van der Waals surface area contributed by atoms with E-state index in [0.29, 0.717) is 23.0 Å². The van der Waals surface area contributed by atoms with E-state index >= 15 is 0 Å². The fourth-order valence-corrected chi connectivity index (χ4v) is 3.71. The highest BCUT2D eigenvalue weighted by atomic mass is 79.9. The molecule has 0 spiro atoms. The molecule has 156 valence electrons. The Balaban J connectivity index is 1.54. The lowest BCUT2D eigenvalue weighted by Crippen LogP contribution is -2.20. The topological polar surface area (TPSA) is 50.4 Å². The van der Waals surface area contributed by atoms with Crippen LogP contribution in [0.15, 0.2) is 59.1 Å². The Morgan fingerprint density at radius 1 is 1.00 bits per heavy atom. The van der Waals surface area contributed by atoms with Crippen LogP contribution in [-0.4, -0.2) is 12.5 Å². The van der Waals surface area contributed by atoms with Crippen molar-refractivity contribution in [1.82, 2.24) is 0 Å². The van der Waals surface area contributed by atoms with Crippen LogP contribution in [0, 0.1) is 20.8 Å². The van der Waals surface area contributed by atoms with E-state index in [1.54, 1.807) is 6.07 Å². The quantitative estimate of drug-likeness (QED) is 0.392. The first-order valence-electron chi connectivity index (χ1n) is 9.60. The third-order valence-corrected chi connectivity index (χ3v) is 5.70. The van der Waals surface area contributed by atoms with E-state index in [0.717, 1.165) is 21.3 Å². The zero-order valence-electron chi connectivity index (χ0n) is 17.2. The molecule has 0 unspecified atom stereocenters. The molecule has 0 fully saturated rings. The molecule has 0 saturated heterocycles. The molecular formula is C24H24BrClN2O2. The second kappa shape index (κ2) is 10.0. The van der Waals surface area contributed by atoms with Gasteiger partial charge in [0.25, 0.3) is 5.91 Å². The highest BCUT2D eigenvalue weighted by Gasteiger charge is 2.08. The first-order chi connectivity index (χ1) is 14.3. The van der Waals surface area contributed by atoms with Crippen LogP contribution >= 0.6 is 27.5 Å². The van der Waals surface area contributed by atoms with E-state index in [1.807, 2.05) is 37.3 Å². The zero-order chi connectivity index (χ0) is 21.7. The summed E-state index contributed by atoms with van der Waals surface area (Å²) in [7, 11) is 0. The SMILES string of the molecule is Cc1ccc(NCc2ccc(OCC(=O)Nc3ccc(C)c(Cl)c3)c(Br)c2)c(C)c1. The second-order valence-electron chi connectivity index (χ2n) is 7.24. The van der Waals surface area contributed by atoms with Gasteiger partial charge in [0.05, 0.1) is 4.47 Å². The van der Waals surface area contributed by atoms with Crippen molar-refractivity contribution in [1.29, 1.82) is 0 Å². The van der Waals surface area contributed by atoms with Gasteiger partial charge in [-0.2, -0.15) is 0 Å². The minimum atomic E-state index is -0.248. The predicted molar refractivity (Wildman–Crippen MR) is 128 cm³/mol. The standard InChI is InChI=1S/C24H24BrClN2O2/c1-15-4-8-22(17(3)10-15)27-13-18-6-9-23(20(25)11-18)30-14-24(29)28-19-7-5-16(2)21(26)12-19/h4-12,27H,13-14H2,1-3H3,(H,28,29). The minimum Gasteiger partial charge on any atom is -0.483 e. The van der Waals surface area contributed by atoms with E-state index in [9.17, 15) is 4.79 Å². The minimum absolute atomic E-state index is 0.0930. The number of benzene rings is 3. The summed E-state index contributed by atoms with van der Waals surface area (Å²) in [6.07, 6.45) is 0. The van der Waals surface area contributed by atoms with Gasteiger partial charge in [0.2, 0.25) is 0 Å². The van der Waals surface area contributed by atoms with Crippen molar-refractivity contribution in [2.45, 2.75) is 27.3 Å². The summed E-state index contributed by atoms with van der Waals surface area (Å²) in [6, 6.07) is 17.6. The van der Waals surface area contributed by atoms with Crippen LogP contribution in [0.5, 0.6) is 5.75 Å². The first-order valence-corrected chi connectivity index (χ1v) is 10.8. The Bertz CT molecular complexity index is 1070. The van der Waals surface area contributed by atoms with Crippen molar-refractivity contribution < 1.29 is 9.53 Å². The van der Waals surface area contributed by atoms with Crippen molar-refractivity contribution in [2.75, 3.05) is 17.2 Å². The summed E-state index contributed by atoms with van der Waals surface area (Å²) < 4.78 is 6.46. The van der Waals surface area contributed by atoms with Crippen molar-refractivity contribution in [3.8, 4) is 5.75 Å². The molecule has 4 nitrogen and oxygen atoms in total. The molecule has 0 aliphatic heterocycles. The van der Waals surface area contributed by atoms with Gasteiger partial charge in [-0.05, 0) is 83.7 Å². The molecule has 0 aliphatic rings. The van der Waals surface area contributed by atoms with Gasteiger partial charge in [0, 0.05) is 22.9 Å². The third-order valence-electron chi connectivity index (χ3n) is 4.68. The van der Waals surface area contributed by atoms with Crippen LogP contribution in [-0.2, 0) is 11.3 Å². The van der Waals surface area contributed by atoms with Crippen molar-refractivity contribution in [2.24, 2.45) is 0 Å². The van der Waals surface area contributed by atoms with Crippen LogP contribution in [0.1, 0.15) is 22.3 Å². The molecule has 0 aromatic heterocycles. The molecule has 6 heteroatoms. The van der Waals surface area contributed by atoms with Gasteiger partial charge >= 0.3 is 0 Å². The Kier molecular flexibility index (Phi) is 7.40. The van der Waals surface area contributed by atoms with Gasteiger partial charge in [-0.1, -0.05) is 41.4 Å². The van der Waals surface area contributed by atoms with E-state index < -0.39 is 0 Å². The Morgan fingerprint density at radius 3 is 2.50 bits per heavy atom. The van der Waals surface area contributed by atoms with Crippen molar-refractivity contribution in [3.05, 3.63) is 86.3 Å². The number of hydrogen-bond donors (Lipinski definition) is 2.